The Kier molecular flexibility index (Phi) is 3.57. The zero-order valence-corrected chi connectivity index (χ0v) is 8.77. The molecule has 0 fully saturated rings. The first-order valence-corrected chi connectivity index (χ1v) is 4.69. The van der Waals surface area contributed by atoms with Crippen molar-refractivity contribution in [3.05, 3.63) is 17.7 Å². The van der Waals surface area contributed by atoms with Crippen molar-refractivity contribution in [2.24, 2.45) is 5.73 Å². The number of hydrogen-bond donors (Lipinski definition) is 5. The monoisotopic (exact) mass is 226 g/mol. The molecule has 6 heteroatoms. The minimum absolute atomic E-state index is 0.157. The zero-order valence-electron chi connectivity index (χ0n) is 8.77. The molecule has 1 unspecified atom stereocenters. The average molecular weight is 226 g/mol. The molecule has 1 aromatic carbocycles. The van der Waals surface area contributed by atoms with E-state index in [1.54, 1.807) is 6.92 Å². The van der Waals surface area contributed by atoms with E-state index >= 15 is 0 Å². The van der Waals surface area contributed by atoms with Crippen molar-refractivity contribution in [1.82, 2.24) is 5.32 Å². The standard InChI is InChI=1S/C10H14N2O4/c1-5(10(11)16)12-4-6-2-3-7(13)9(15)8(6)14/h2-3,5,12-15H,4H2,1H3,(H2,11,16). The van der Waals surface area contributed by atoms with Crippen LogP contribution in [0, 0.1) is 0 Å². The van der Waals surface area contributed by atoms with Crippen LogP contribution in [0.5, 0.6) is 17.2 Å². The molecule has 0 bridgehead atoms. The van der Waals surface area contributed by atoms with Gasteiger partial charge in [0.25, 0.3) is 0 Å². The third kappa shape index (κ3) is 2.54. The lowest BCUT2D eigenvalue weighted by atomic mass is 10.1. The third-order valence-electron chi connectivity index (χ3n) is 2.24. The van der Waals surface area contributed by atoms with Crippen LogP contribution in [0.1, 0.15) is 12.5 Å². The number of carbonyl (C=O) groups is 1. The van der Waals surface area contributed by atoms with Crippen LogP contribution >= 0.6 is 0 Å². The molecule has 1 atom stereocenters. The number of rotatable bonds is 4. The molecule has 0 radical (unpaired) electrons. The van der Waals surface area contributed by atoms with Gasteiger partial charge >= 0.3 is 0 Å². The molecule has 16 heavy (non-hydrogen) atoms. The van der Waals surface area contributed by atoms with Crippen LogP contribution in [0.4, 0.5) is 0 Å². The van der Waals surface area contributed by atoms with Crippen LogP contribution in [0.2, 0.25) is 0 Å². The molecule has 1 amide bonds. The minimum Gasteiger partial charge on any atom is -0.504 e. The van der Waals surface area contributed by atoms with Gasteiger partial charge in [0, 0.05) is 12.1 Å². The Hall–Kier alpha value is -1.95. The molecule has 0 aliphatic carbocycles. The van der Waals surface area contributed by atoms with Crippen LogP contribution in [0.25, 0.3) is 0 Å². The summed E-state index contributed by atoms with van der Waals surface area (Å²) in [4.78, 5) is 10.7. The fraction of sp³-hybridized carbons (Fsp3) is 0.300. The van der Waals surface area contributed by atoms with Gasteiger partial charge in [-0.2, -0.15) is 0 Å². The number of nitrogens with two attached hydrogens (primary N) is 1. The van der Waals surface area contributed by atoms with E-state index in [1.165, 1.54) is 12.1 Å². The van der Waals surface area contributed by atoms with Crippen molar-refractivity contribution in [3.63, 3.8) is 0 Å². The summed E-state index contributed by atoms with van der Waals surface area (Å²) in [6.07, 6.45) is 0. The van der Waals surface area contributed by atoms with Crippen molar-refractivity contribution in [3.8, 4) is 17.2 Å². The predicted octanol–water partition coefficient (Wildman–Crippen LogP) is -0.233. The van der Waals surface area contributed by atoms with Crippen LogP contribution in [0.3, 0.4) is 0 Å². The average Bonchev–Trinajstić information content (AvgIpc) is 2.24. The second kappa shape index (κ2) is 4.71. The molecule has 0 aromatic heterocycles. The lowest BCUT2D eigenvalue weighted by Crippen LogP contribution is -2.38. The number of amides is 1. The molecule has 1 rings (SSSR count). The van der Waals surface area contributed by atoms with Gasteiger partial charge in [-0.25, -0.2) is 0 Å². The minimum atomic E-state index is -0.578. The molecule has 6 nitrogen and oxygen atoms in total. The Morgan fingerprint density at radius 1 is 1.38 bits per heavy atom. The number of benzene rings is 1. The highest BCUT2D eigenvalue weighted by Crippen LogP contribution is 2.36. The van der Waals surface area contributed by atoms with Gasteiger partial charge in [0.05, 0.1) is 6.04 Å². The molecular weight excluding hydrogens is 212 g/mol. The Bertz CT molecular complexity index is 406. The molecular formula is C10H14N2O4. The number of primary amides is 1. The van der Waals surface area contributed by atoms with E-state index in [9.17, 15) is 15.0 Å². The van der Waals surface area contributed by atoms with Crippen molar-refractivity contribution >= 4 is 5.91 Å². The van der Waals surface area contributed by atoms with E-state index < -0.39 is 29.2 Å². The molecule has 0 heterocycles. The SMILES string of the molecule is CC(NCc1ccc(O)c(O)c1O)C(N)=O. The third-order valence-corrected chi connectivity index (χ3v) is 2.24. The summed E-state index contributed by atoms with van der Waals surface area (Å²) in [6, 6.07) is 2.14. The van der Waals surface area contributed by atoms with Crippen molar-refractivity contribution < 1.29 is 20.1 Å². The molecule has 0 spiro atoms. The van der Waals surface area contributed by atoms with Gasteiger partial charge in [0.2, 0.25) is 11.7 Å². The second-order valence-corrected chi connectivity index (χ2v) is 3.45. The number of phenolic OH excluding ortho intramolecular Hbond substituents is 3. The van der Waals surface area contributed by atoms with E-state index in [1.807, 2.05) is 0 Å². The summed E-state index contributed by atoms with van der Waals surface area (Å²) in [5.74, 6) is -1.90. The van der Waals surface area contributed by atoms with Gasteiger partial charge in [-0.05, 0) is 13.0 Å². The van der Waals surface area contributed by atoms with Gasteiger partial charge < -0.3 is 26.4 Å². The number of carbonyl (C=O) groups excluding carboxylic acids is 1. The summed E-state index contributed by atoms with van der Waals surface area (Å²) in [6.45, 7) is 1.74. The Morgan fingerprint density at radius 3 is 2.56 bits per heavy atom. The van der Waals surface area contributed by atoms with E-state index in [0.717, 1.165) is 0 Å². The number of hydrogen-bond acceptors (Lipinski definition) is 5. The predicted molar refractivity (Wildman–Crippen MR) is 56.9 cm³/mol. The second-order valence-electron chi connectivity index (χ2n) is 3.45. The van der Waals surface area contributed by atoms with E-state index in [0.29, 0.717) is 5.56 Å². The van der Waals surface area contributed by atoms with Gasteiger partial charge in [-0.3, -0.25) is 4.79 Å². The largest absolute Gasteiger partial charge is 0.504 e. The first kappa shape index (κ1) is 12.1. The summed E-state index contributed by atoms with van der Waals surface area (Å²) < 4.78 is 0. The number of aromatic hydroxyl groups is 3. The van der Waals surface area contributed by atoms with Crippen molar-refractivity contribution in [2.45, 2.75) is 19.5 Å². The quantitative estimate of drug-likeness (QED) is 0.455. The molecule has 0 saturated carbocycles. The smallest absolute Gasteiger partial charge is 0.234 e. The first-order chi connectivity index (χ1) is 7.43. The molecule has 0 saturated heterocycles. The summed E-state index contributed by atoms with van der Waals surface area (Å²) >= 11 is 0. The highest BCUT2D eigenvalue weighted by molar-refractivity contribution is 5.79. The number of nitrogens with one attached hydrogen (secondary N) is 1. The highest BCUT2D eigenvalue weighted by Gasteiger charge is 2.13. The number of phenols is 3. The molecule has 0 aliphatic heterocycles. The van der Waals surface area contributed by atoms with Gasteiger partial charge in [0.15, 0.2) is 11.5 Å². The summed E-state index contributed by atoms with van der Waals surface area (Å²) in [7, 11) is 0. The highest BCUT2D eigenvalue weighted by atomic mass is 16.3. The lowest BCUT2D eigenvalue weighted by molar-refractivity contribution is -0.119. The normalized spacial score (nSPS) is 12.3. The molecule has 1 aromatic rings. The fourth-order valence-corrected chi connectivity index (χ4v) is 1.12. The summed E-state index contributed by atoms with van der Waals surface area (Å²) in [5, 5.41) is 30.6. The summed E-state index contributed by atoms with van der Waals surface area (Å²) in [5.41, 5.74) is 5.40. The fourth-order valence-electron chi connectivity index (χ4n) is 1.12. The van der Waals surface area contributed by atoms with Gasteiger partial charge in [0.1, 0.15) is 0 Å². The topological polar surface area (TPSA) is 116 Å². The van der Waals surface area contributed by atoms with Gasteiger partial charge in [-0.1, -0.05) is 6.07 Å². The van der Waals surface area contributed by atoms with Gasteiger partial charge in [-0.15, -0.1) is 0 Å². The lowest BCUT2D eigenvalue weighted by Gasteiger charge is -2.12. The maximum Gasteiger partial charge on any atom is 0.234 e. The Labute approximate surface area is 92.3 Å². The maximum atomic E-state index is 10.7. The molecule has 88 valence electrons. The van der Waals surface area contributed by atoms with Crippen molar-refractivity contribution in [1.29, 1.82) is 0 Å². The van der Waals surface area contributed by atoms with Crippen LogP contribution in [0.15, 0.2) is 12.1 Å². The Balaban J connectivity index is 2.75. The van der Waals surface area contributed by atoms with E-state index in [2.05, 4.69) is 5.32 Å². The Morgan fingerprint density at radius 2 is 2.00 bits per heavy atom. The van der Waals surface area contributed by atoms with E-state index in [-0.39, 0.29) is 6.54 Å². The molecule has 0 aliphatic rings. The van der Waals surface area contributed by atoms with Crippen LogP contribution in [-0.4, -0.2) is 27.3 Å². The van der Waals surface area contributed by atoms with E-state index in [4.69, 9.17) is 10.8 Å². The first-order valence-electron chi connectivity index (χ1n) is 4.69. The zero-order chi connectivity index (χ0) is 12.3. The van der Waals surface area contributed by atoms with Crippen LogP contribution < -0.4 is 11.1 Å². The molecule has 6 N–H and O–H groups in total. The van der Waals surface area contributed by atoms with Crippen LogP contribution in [-0.2, 0) is 11.3 Å². The maximum absolute atomic E-state index is 10.7. The van der Waals surface area contributed by atoms with Crippen molar-refractivity contribution in [2.75, 3.05) is 0 Å².